The van der Waals surface area contributed by atoms with Crippen molar-refractivity contribution in [2.24, 2.45) is 0 Å². The van der Waals surface area contributed by atoms with Gasteiger partial charge in [-0.05, 0) is 19.8 Å². The van der Waals surface area contributed by atoms with E-state index < -0.39 is 0 Å². The summed E-state index contributed by atoms with van der Waals surface area (Å²) in [5, 5.41) is 14.0. The second kappa shape index (κ2) is 5.31. The Balaban J connectivity index is 2.09. The summed E-state index contributed by atoms with van der Waals surface area (Å²) in [6.45, 7) is 2.13. The van der Waals surface area contributed by atoms with Gasteiger partial charge in [-0.2, -0.15) is 5.10 Å². The van der Waals surface area contributed by atoms with Gasteiger partial charge in [-0.1, -0.05) is 12.8 Å². The highest BCUT2D eigenvalue weighted by Crippen LogP contribution is 2.28. The van der Waals surface area contributed by atoms with Crippen molar-refractivity contribution in [2.75, 3.05) is 6.61 Å². The number of rotatable bonds is 3. The fourth-order valence-electron chi connectivity index (χ4n) is 2.24. The first-order chi connectivity index (χ1) is 8.22. The highest BCUT2D eigenvalue weighted by atomic mass is 16.5. The van der Waals surface area contributed by atoms with Crippen LogP contribution in [0.2, 0.25) is 0 Å². The van der Waals surface area contributed by atoms with Gasteiger partial charge in [0, 0.05) is 6.20 Å². The Bertz CT molecular complexity index is 389. The molecular weight excluding hydrogens is 220 g/mol. The molecule has 1 aromatic rings. The molecule has 1 fully saturated rings. The first kappa shape index (κ1) is 12.1. The highest BCUT2D eigenvalue weighted by Gasteiger charge is 2.25. The highest BCUT2D eigenvalue weighted by molar-refractivity contribution is 5.88. The van der Waals surface area contributed by atoms with E-state index in [9.17, 15) is 9.90 Å². The van der Waals surface area contributed by atoms with Gasteiger partial charge in [0.15, 0.2) is 0 Å². The lowest BCUT2D eigenvalue weighted by Gasteiger charge is -2.27. The predicted octanol–water partition coefficient (Wildman–Crippen LogP) is 1.54. The molecule has 1 saturated carbocycles. The minimum Gasteiger partial charge on any atom is -0.462 e. The van der Waals surface area contributed by atoms with Crippen molar-refractivity contribution in [1.82, 2.24) is 9.78 Å². The second-order valence-electron chi connectivity index (χ2n) is 4.35. The van der Waals surface area contributed by atoms with Gasteiger partial charge in [0.05, 0.1) is 30.5 Å². The lowest BCUT2D eigenvalue weighted by atomic mass is 9.93. The maximum absolute atomic E-state index is 11.5. The number of carbonyl (C=O) groups is 1. The van der Waals surface area contributed by atoms with E-state index in [1.54, 1.807) is 17.8 Å². The van der Waals surface area contributed by atoms with Crippen LogP contribution in [-0.4, -0.2) is 33.6 Å². The van der Waals surface area contributed by atoms with Crippen LogP contribution in [0.15, 0.2) is 12.4 Å². The summed E-state index contributed by atoms with van der Waals surface area (Å²) in [7, 11) is 0. The van der Waals surface area contributed by atoms with Crippen LogP contribution in [0.3, 0.4) is 0 Å². The number of esters is 1. The van der Waals surface area contributed by atoms with Crippen molar-refractivity contribution in [3.05, 3.63) is 18.0 Å². The number of aliphatic hydroxyl groups is 1. The van der Waals surface area contributed by atoms with E-state index in [-0.39, 0.29) is 18.1 Å². The third-order valence-electron chi connectivity index (χ3n) is 3.15. The molecule has 2 rings (SSSR count). The van der Waals surface area contributed by atoms with Crippen LogP contribution in [0.25, 0.3) is 0 Å². The van der Waals surface area contributed by atoms with Crippen LogP contribution in [-0.2, 0) is 4.74 Å². The predicted molar refractivity (Wildman–Crippen MR) is 61.7 cm³/mol. The molecule has 5 nitrogen and oxygen atoms in total. The minimum atomic E-state index is -0.362. The zero-order chi connectivity index (χ0) is 12.3. The fraction of sp³-hybridized carbons (Fsp3) is 0.667. The van der Waals surface area contributed by atoms with Crippen molar-refractivity contribution in [3.63, 3.8) is 0 Å². The van der Waals surface area contributed by atoms with Gasteiger partial charge in [0.2, 0.25) is 0 Å². The van der Waals surface area contributed by atoms with Crippen molar-refractivity contribution in [3.8, 4) is 0 Å². The van der Waals surface area contributed by atoms with Crippen LogP contribution < -0.4 is 0 Å². The molecule has 17 heavy (non-hydrogen) atoms. The number of aromatic nitrogens is 2. The number of hydrogen-bond donors (Lipinski definition) is 1. The van der Waals surface area contributed by atoms with Gasteiger partial charge in [0.25, 0.3) is 0 Å². The topological polar surface area (TPSA) is 64.3 Å². The van der Waals surface area contributed by atoms with Crippen molar-refractivity contribution in [1.29, 1.82) is 0 Å². The molecule has 1 aliphatic carbocycles. The van der Waals surface area contributed by atoms with E-state index in [0.717, 1.165) is 25.7 Å². The first-order valence-corrected chi connectivity index (χ1v) is 6.11. The van der Waals surface area contributed by atoms with Gasteiger partial charge in [-0.25, -0.2) is 4.79 Å². The van der Waals surface area contributed by atoms with Crippen LogP contribution in [0, 0.1) is 0 Å². The van der Waals surface area contributed by atoms with E-state index in [1.165, 1.54) is 6.20 Å². The summed E-state index contributed by atoms with van der Waals surface area (Å²) < 4.78 is 6.59. The summed E-state index contributed by atoms with van der Waals surface area (Å²) in [5.74, 6) is -0.357. The van der Waals surface area contributed by atoms with E-state index >= 15 is 0 Å². The van der Waals surface area contributed by atoms with Crippen molar-refractivity contribution in [2.45, 2.75) is 44.8 Å². The molecule has 0 spiro atoms. The van der Waals surface area contributed by atoms with Crippen LogP contribution in [0.4, 0.5) is 0 Å². The summed E-state index contributed by atoms with van der Waals surface area (Å²) in [6, 6.07) is -0.00748. The van der Waals surface area contributed by atoms with Gasteiger partial charge >= 0.3 is 5.97 Å². The molecule has 0 aliphatic heterocycles. The van der Waals surface area contributed by atoms with Gasteiger partial charge in [-0.3, -0.25) is 4.68 Å². The largest absolute Gasteiger partial charge is 0.462 e. The first-order valence-electron chi connectivity index (χ1n) is 6.11. The summed E-state index contributed by atoms with van der Waals surface area (Å²) in [5.41, 5.74) is 0.449. The van der Waals surface area contributed by atoms with E-state index in [4.69, 9.17) is 4.74 Å². The molecular formula is C12H18N2O3. The summed E-state index contributed by atoms with van der Waals surface area (Å²) in [4.78, 5) is 11.5. The van der Waals surface area contributed by atoms with Gasteiger partial charge in [-0.15, -0.1) is 0 Å². The smallest absolute Gasteiger partial charge is 0.341 e. The maximum atomic E-state index is 11.5. The average Bonchev–Trinajstić information content (AvgIpc) is 2.79. The molecule has 0 amide bonds. The molecule has 1 aromatic heterocycles. The van der Waals surface area contributed by atoms with E-state index in [1.807, 2.05) is 0 Å². The van der Waals surface area contributed by atoms with Crippen LogP contribution in [0.1, 0.15) is 49.0 Å². The Labute approximate surface area is 100 Å². The molecule has 94 valence electrons. The van der Waals surface area contributed by atoms with E-state index in [0.29, 0.717) is 12.2 Å². The summed E-state index contributed by atoms with van der Waals surface area (Å²) >= 11 is 0. The Morgan fingerprint density at radius 1 is 1.59 bits per heavy atom. The van der Waals surface area contributed by atoms with Gasteiger partial charge in [0.1, 0.15) is 0 Å². The van der Waals surface area contributed by atoms with Crippen LogP contribution >= 0.6 is 0 Å². The third-order valence-corrected chi connectivity index (χ3v) is 3.15. The second-order valence-corrected chi connectivity index (χ2v) is 4.35. The molecule has 0 bridgehead atoms. The number of carbonyl (C=O) groups excluding carboxylic acids is 1. The van der Waals surface area contributed by atoms with Crippen molar-refractivity contribution < 1.29 is 14.6 Å². The average molecular weight is 238 g/mol. The molecule has 1 aliphatic rings. The molecule has 1 N–H and O–H groups in total. The molecule has 0 radical (unpaired) electrons. The minimum absolute atomic E-state index is 0.00748. The van der Waals surface area contributed by atoms with Crippen molar-refractivity contribution >= 4 is 5.97 Å². The zero-order valence-electron chi connectivity index (χ0n) is 10.0. The quantitative estimate of drug-likeness (QED) is 0.811. The zero-order valence-corrected chi connectivity index (χ0v) is 10.0. The molecule has 2 atom stereocenters. The van der Waals surface area contributed by atoms with E-state index in [2.05, 4.69) is 5.10 Å². The number of ether oxygens (including phenoxy) is 1. The standard InChI is InChI=1S/C12H18N2O3/c1-2-17-12(16)9-7-13-14(8-9)10-5-3-4-6-11(10)15/h7-8,10-11,15H,2-6H2,1H3/t10-,11+/m1/s1. The fourth-order valence-corrected chi connectivity index (χ4v) is 2.24. The Kier molecular flexibility index (Phi) is 3.78. The Morgan fingerprint density at radius 3 is 3.06 bits per heavy atom. The molecule has 5 heteroatoms. The number of nitrogens with zero attached hydrogens (tertiary/aromatic N) is 2. The molecule has 1 heterocycles. The molecule has 0 unspecified atom stereocenters. The number of aliphatic hydroxyl groups excluding tert-OH is 1. The normalized spacial score (nSPS) is 24.6. The molecule has 0 saturated heterocycles. The van der Waals surface area contributed by atoms with Gasteiger partial charge < -0.3 is 9.84 Å². The van der Waals surface area contributed by atoms with Crippen LogP contribution in [0.5, 0.6) is 0 Å². The Morgan fingerprint density at radius 2 is 2.35 bits per heavy atom. The molecule has 0 aromatic carbocycles. The number of hydrogen-bond acceptors (Lipinski definition) is 4. The monoisotopic (exact) mass is 238 g/mol. The third kappa shape index (κ3) is 2.66. The maximum Gasteiger partial charge on any atom is 0.341 e. The lowest BCUT2D eigenvalue weighted by Crippen LogP contribution is -2.27. The summed E-state index contributed by atoms with van der Waals surface area (Å²) in [6.07, 6.45) is 6.67. The Hall–Kier alpha value is -1.36. The SMILES string of the molecule is CCOC(=O)c1cnn([C@@H]2CCCC[C@@H]2O)c1. The lowest BCUT2D eigenvalue weighted by molar-refractivity contribution is 0.0523.